The van der Waals surface area contributed by atoms with Gasteiger partial charge in [0.25, 0.3) is 0 Å². The number of para-hydroxylation sites is 1. The average Bonchev–Trinajstić information content (AvgIpc) is 2.38. The van der Waals surface area contributed by atoms with Crippen LogP contribution in [0, 0.1) is 5.92 Å². The molecular weight excluding hydrogens is 238 g/mol. The third-order valence-electron chi connectivity index (χ3n) is 2.57. The predicted octanol–water partition coefficient (Wildman–Crippen LogP) is 3.40. The molecule has 19 heavy (non-hydrogen) atoms. The predicted molar refractivity (Wildman–Crippen MR) is 79.8 cm³/mol. The fourth-order valence-corrected chi connectivity index (χ4v) is 1.77. The van der Waals surface area contributed by atoms with Gasteiger partial charge in [0, 0.05) is 12.1 Å². The lowest BCUT2D eigenvalue weighted by Gasteiger charge is -2.16. The molecule has 1 aromatic carbocycles. The highest BCUT2D eigenvalue weighted by molar-refractivity contribution is 5.46. The summed E-state index contributed by atoms with van der Waals surface area (Å²) in [5.41, 5.74) is 1.12. The van der Waals surface area contributed by atoms with E-state index in [1.165, 1.54) is 0 Å². The van der Waals surface area contributed by atoms with Crippen LogP contribution >= 0.6 is 0 Å². The summed E-state index contributed by atoms with van der Waals surface area (Å²) in [5, 5.41) is 3.43. The van der Waals surface area contributed by atoms with Gasteiger partial charge in [0.05, 0.1) is 6.61 Å². The van der Waals surface area contributed by atoms with Gasteiger partial charge in [-0.15, -0.1) is 0 Å². The number of benzene rings is 1. The van der Waals surface area contributed by atoms with Crippen molar-refractivity contribution in [3.63, 3.8) is 0 Å². The Kier molecular flexibility index (Phi) is 7.04. The van der Waals surface area contributed by atoms with Crippen LogP contribution in [-0.4, -0.2) is 19.8 Å². The van der Waals surface area contributed by atoms with Crippen molar-refractivity contribution in [3.05, 3.63) is 36.4 Å². The van der Waals surface area contributed by atoms with Gasteiger partial charge in [-0.25, -0.2) is 0 Å². The molecule has 0 amide bonds. The average molecular weight is 263 g/mol. The molecule has 3 heteroatoms. The van der Waals surface area contributed by atoms with Gasteiger partial charge in [0.2, 0.25) is 0 Å². The Labute approximate surface area is 116 Å². The van der Waals surface area contributed by atoms with Crippen LogP contribution in [0.15, 0.2) is 30.9 Å². The number of ether oxygens (including phenoxy) is 2. The lowest BCUT2D eigenvalue weighted by molar-refractivity contribution is 0.294. The monoisotopic (exact) mass is 263 g/mol. The Morgan fingerprint density at radius 3 is 2.74 bits per heavy atom. The molecule has 0 spiro atoms. The molecule has 106 valence electrons. The van der Waals surface area contributed by atoms with Crippen LogP contribution in [0.25, 0.3) is 0 Å². The Morgan fingerprint density at radius 2 is 2.11 bits per heavy atom. The molecular formula is C16H25NO2. The highest BCUT2D eigenvalue weighted by Crippen LogP contribution is 2.31. The van der Waals surface area contributed by atoms with E-state index in [1.54, 1.807) is 6.08 Å². The molecule has 1 rings (SSSR count). The lowest BCUT2D eigenvalue weighted by atomic mass is 10.1. The summed E-state index contributed by atoms with van der Waals surface area (Å²) >= 11 is 0. The van der Waals surface area contributed by atoms with E-state index < -0.39 is 0 Å². The fraction of sp³-hybridized carbons (Fsp3) is 0.500. The Hall–Kier alpha value is -1.48. The maximum absolute atomic E-state index is 5.74. The second-order valence-electron chi connectivity index (χ2n) is 4.80. The van der Waals surface area contributed by atoms with Crippen LogP contribution in [0.3, 0.4) is 0 Å². The Bertz CT molecular complexity index is 388. The summed E-state index contributed by atoms with van der Waals surface area (Å²) in [7, 11) is 0. The first-order chi connectivity index (χ1) is 9.19. The minimum Gasteiger partial charge on any atom is -0.490 e. The molecule has 0 saturated carbocycles. The smallest absolute Gasteiger partial charge is 0.166 e. The number of rotatable bonds is 9. The van der Waals surface area contributed by atoms with Crippen molar-refractivity contribution in [2.24, 2.45) is 5.92 Å². The highest BCUT2D eigenvalue weighted by atomic mass is 16.5. The fourth-order valence-electron chi connectivity index (χ4n) is 1.77. The second kappa shape index (κ2) is 8.59. The van der Waals surface area contributed by atoms with E-state index >= 15 is 0 Å². The van der Waals surface area contributed by atoms with Crippen molar-refractivity contribution < 1.29 is 9.47 Å². The SMILES string of the molecule is C=CCOc1c(CNCC(C)C)cccc1OCC. The van der Waals surface area contributed by atoms with Crippen molar-refractivity contribution in [2.45, 2.75) is 27.3 Å². The van der Waals surface area contributed by atoms with Crippen LogP contribution < -0.4 is 14.8 Å². The molecule has 0 atom stereocenters. The van der Waals surface area contributed by atoms with Gasteiger partial charge in [0.15, 0.2) is 11.5 Å². The first kappa shape index (κ1) is 15.6. The molecule has 1 N–H and O–H groups in total. The van der Waals surface area contributed by atoms with E-state index in [-0.39, 0.29) is 0 Å². The summed E-state index contributed by atoms with van der Waals surface area (Å²) < 4.78 is 11.4. The normalized spacial score (nSPS) is 10.5. The third kappa shape index (κ3) is 5.35. The maximum atomic E-state index is 5.74. The first-order valence-corrected chi connectivity index (χ1v) is 6.88. The maximum Gasteiger partial charge on any atom is 0.166 e. The molecule has 1 aromatic rings. The molecule has 0 fully saturated rings. The van der Waals surface area contributed by atoms with Crippen LogP contribution in [-0.2, 0) is 6.54 Å². The molecule has 0 radical (unpaired) electrons. The highest BCUT2D eigenvalue weighted by Gasteiger charge is 2.10. The topological polar surface area (TPSA) is 30.5 Å². The van der Waals surface area contributed by atoms with E-state index in [1.807, 2.05) is 19.1 Å². The largest absolute Gasteiger partial charge is 0.490 e. The molecule has 0 aromatic heterocycles. The summed E-state index contributed by atoms with van der Waals surface area (Å²) in [6.45, 7) is 12.9. The second-order valence-corrected chi connectivity index (χ2v) is 4.80. The molecule has 0 bridgehead atoms. The lowest BCUT2D eigenvalue weighted by Crippen LogP contribution is -2.19. The van der Waals surface area contributed by atoms with Gasteiger partial charge in [0.1, 0.15) is 6.61 Å². The minimum atomic E-state index is 0.487. The van der Waals surface area contributed by atoms with Gasteiger partial charge in [-0.1, -0.05) is 38.6 Å². The quantitative estimate of drug-likeness (QED) is 0.693. The Morgan fingerprint density at radius 1 is 1.32 bits per heavy atom. The number of hydrogen-bond donors (Lipinski definition) is 1. The van der Waals surface area contributed by atoms with Crippen molar-refractivity contribution in [1.82, 2.24) is 5.32 Å². The van der Waals surface area contributed by atoms with Crippen LogP contribution in [0.4, 0.5) is 0 Å². The molecule has 0 saturated heterocycles. The number of nitrogens with one attached hydrogen (secondary N) is 1. The molecule has 3 nitrogen and oxygen atoms in total. The van der Waals surface area contributed by atoms with E-state index in [0.29, 0.717) is 19.1 Å². The first-order valence-electron chi connectivity index (χ1n) is 6.88. The van der Waals surface area contributed by atoms with Crippen LogP contribution in [0.1, 0.15) is 26.3 Å². The molecule has 0 heterocycles. The molecule has 0 unspecified atom stereocenters. The summed E-state index contributed by atoms with van der Waals surface area (Å²) in [6, 6.07) is 6.00. The van der Waals surface area contributed by atoms with Crippen LogP contribution in [0.2, 0.25) is 0 Å². The van der Waals surface area contributed by atoms with Gasteiger partial charge in [-0.05, 0) is 25.5 Å². The number of hydrogen-bond acceptors (Lipinski definition) is 3. The van der Waals surface area contributed by atoms with Gasteiger partial charge >= 0.3 is 0 Å². The zero-order valence-corrected chi connectivity index (χ0v) is 12.2. The van der Waals surface area contributed by atoms with Gasteiger partial charge in [-0.2, -0.15) is 0 Å². The zero-order chi connectivity index (χ0) is 14.1. The van der Waals surface area contributed by atoms with Crippen molar-refractivity contribution in [2.75, 3.05) is 19.8 Å². The minimum absolute atomic E-state index is 0.487. The molecule has 0 aliphatic rings. The van der Waals surface area contributed by atoms with E-state index in [2.05, 4.69) is 31.8 Å². The van der Waals surface area contributed by atoms with Crippen molar-refractivity contribution in [3.8, 4) is 11.5 Å². The summed E-state index contributed by atoms with van der Waals surface area (Å²) in [5.74, 6) is 2.25. The standard InChI is InChI=1S/C16H25NO2/c1-5-10-19-16-14(12-17-11-13(3)4)8-7-9-15(16)18-6-2/h5,7-9,13,17H,1,6,10-12H2,2-4H3. The van der Waals surface area contributed by atoms with E-state index in [0.717, 1.165) is 30.2 Å². The van der Waals surface area contributed by atoms with Gasteiger partial charge in [-0.3, -0.25) is 0 Å². The molecule has 0 aliphatic heterocycles. The van der Waals surface area contributed by atoms with Crippen molar-refractivity contribution in [1.29, 1.82) is 0 Å². The zero-order valence-electron chi connectivity index (χ0n) is 12.2. The molecule has 0 aliphatic carbocycles. The van der Waals surface area contributed by atoms with Gasteiger partial charge < -0.3 is 14.8 Å². The Balaban J connectivity index is 2.81. The summed E-state index contributed by atoms with van der Waals surface area (Å²) in [6.07, 6.45) is 1.74. The summed E-state index contributed by atoms with van der Waals surface area (Å²) in [4.78, 5) is 0. The van der Waals surface area contributed by atoms with Crippen molar-refractivity contribution >= 4 is 0 Å². The third-order valence-corrected chi connectivity index (χ3v) is 2.57. The van der Waals surface area contributed by atoms with Crippen LogP contribution in [0.5, 0.6) is 11.5 Å². The van der Waals surface area contributed by atoms with E-state index in [9.17, 15) is 0 Å². The van der Waals surface area contributed by atoms with E-state index in [4.69, 9.17) is 9.47 Å².